The molecule has 2 amide bonds. The number of anilines is 2. The lowest BCUT2D eigenvalue weighted by Gasteiger charge is -2.12. The summed E-state index contributed by atoms with van der Waals surface area (Å²) in [5.74, 6) is 0.678. The highest BCUT2D eigenvalue weighted by molar-refractivity contribution is 5.93. The average Bonchev–Trinajstić information content (AvgIpc) is 2.64. The number of hydrogen-bond donors (Lipinski definition) is 2. The summed E-state index contributed by atoms with van der Waals surface area (Å²) >= 11 is 0. The summed E-state index contributed by atoms with van der Waals surface area (Å²) in [6.07, 6.45) is 1.21. The minimum Gasteiger partial charge on any atom is -0.491 e. The van der Waals surface area contributed by atoms with Gasteiger partial charge in [0.1, 0.15) is 5.75 Å². The van der Waals surface area contributed by atoms with Crippen molar-refractivity contribution in [2.45, 2.75) is 32.8 Å². The summed E-state index contributed by atoms with van der Waals surface area (Å²) in [6.45, 7) is 4.06. The first-order chi connectivity index (χ1) is 13.3. The summed E-state index contributed by atoms with van der Waals surface area (Å²) < 4.78 is 5.64. The number of carbonyl (C=O) groups excluding carboxylic acids is 2. The fraction of sp³-hybridized carbons (Fsp3) is 0.364. The molecule has 2 aromatic carbocycles. The van der Waals surface area contributed by atoms with E-state index in [1.165, 1.54) is 0 Å². The van der Waals surface area contributed by atoms with Crippen molar-refractivity contribution in [3.8, 4) is 5.75 Å². The van der Waals surface area contributed by atoms with Crippen LogP contribution in [0.15, 0.2) is 48.5 Å². The molecule has 0 bridgehead atoms. The monoisotopic (exact) mass is 383 g/mol. The van der Waals surface area contributed by atoms with Gasteiger partial charge >= 0.3 is 0 Å². The first-order valence-electron chi connectivity index (χ1n) is 9.43. The van der Waals surface area contributed by atoms with Crippen molar-refractivity contribution in [2.75, 3.05) is 31.3 Å². The van der Waals surface area contributed by atoms with Gasteiger partial charge in [0.15, 0.2) is 0 Å². The number of nitrogens with zero attached hydrogens (tertiary/aromatic N) is 1. The maximum Gasteiger partial charge on any atom is 0.243 e. The summed E-state index contributed by atoms with van der Waals surface area (Å²) in [5.41, 5.74) is 2.60. The smallest absolute Gasteiger partial charge is 0.243 e. The van der Waals surface area contributed by atoms with Crippen LogP contribution in [0.4, 0.5) is 11.4 Å². The molecule has 2 N–H and O–H groups in total. The number of rotatable bonds is 9. The number of amides is 2. The lowest BCUT2D eigenvalue weighted by molar-refractivity contribution is -0.128. The van der Waals surface area contributed by atoms with E-state index in [-0.39, 0.29) is 24.5 Å². The van der Waals surface area contributed by atoms with Crippen LogP contribution in [-0.2, 0) is 16.0 Å². The van der Waals surface area contributed by atoms with Gasteiger partial charge in [0, 0.05) is 38.0 Å². The Morgan fingerprint density at radius 2 is 1.75 bits per heavy atom. The molecule has 0 saturated heterocycles. The molecule has 28 heavy (non-hydrogen) atoms. The van der Waals surface area contributed by atoms with E-state index in [4.69, 9.17) is 4.74 Å². The van der Waals surface area contributed by atoms with E-state index in [1.54, 1.807) is 25.1 Å². The Kier molecular flexibility index (Phi) is 7.87. The zero-order valence-corrected chi connectivity index (χ0v) is 17.0. The standard InChI is InChI=1S/C22H29N3O3/c1-16(2)28-20-10-6-9-19(14-20)24-21(26)15-23-18-8-5-7-17(13-18)11-12-22(27)25(3)4/h5-10,13-14,16,23H,11-12,15H2,1-4H3,(H,24,26). The van der Waals surface area contributed by atoms with Gasteiger partial charge in [-0.1, -0.05) is 18.2 Å². The van der Waals surface area contributed by atoms with Crippen LogP contribution in [0.5, 0.6) is 5.75 Å². The van der Waals surface area contributed by atoms with Crippen molar-refractivity contribution in [3.05, 3.63) is 54.1 Å². The van der Waals surface area contributed by atoms with Gasteiger partial charge in [-0.2, -0.15) is 0 Å². The van der Waals surface area contributed by atoms with Gasteiger partial charge in [-0.05, 0) is 50.1 Å². The zero-order chi connectivity index (χ0) is 20.5. The van der Waals surface area contributed by atoms with Gasteiger partial charge in [-0.15, -0.1) is 0 Å². The largest absolute Gasteiger partial charge is 0.491 e. The van der Waals surface area contributed by atoms with E-state index < -0.39 is 0 Å². The Morgan fingerprint density at radius 3 is 2.46 bits per heavy atom. The number of aryl methyl sites for hydroxylation is 1. The minimum atomic E-state index is -0.144. The number of hydrogen-bond acceptors (Lipinski definition) is 4. The Bertz CT molecular complexity index is 803. The van der Waals surface area contributed by atoms with Crippen LogP contribution in [-0.4, -0.2) is 43.5 Å². The fourth-order valence-electron chi connectivity index (χ4n) is 2.62. The molecule has 0 heterocycles. The fourth-order valence-corrected chi connectivity index (χ4v) is 2.62. The van der Waals surface area contributed by atoms with E-state index in [2.05, 4.69) is 10.6 Å². The van der Waals surface area contributed by atoms with Crippen LogP contribution in [0, 0.1) is 0 Å². The van der Waals surface area contributed by atoms with Gasteiger partial charge < -0.3 is 20.3 Å². The van der Waals surface area contributed by atoms with Crippen LogP contribution in [0.25, 0.3) is 0 Å². The molecule has 0 aliphatic rings. The van der Waals surface area contributed by atoms with Crippen LogP contribution in [0.1, 0.15) is 25.8 Å². The molecule has 0 aliphatic carbocycles. The molecule has 0 spiro atoms. The SMILES string of the molecule is CC(C)Oc1cccc(NC(=O)CNc2cccc(CCC(=O)N(C)C)c2)c1. The molecule has 0 aromatic heterocycles. The molecular formula is C22H29N3O3. The molecule has 6 heteroatoms. The van der Waals surface area contributed by atoms with Crippen LogP contribution >= 0.6 is 0 Å². The second kappa shape index (κ2) is 10.3. The highest BCUT2D eigenvalue weighted by Crippen LogP contribution is 2.18. The highest BCUT2D eigenvalue weighted by Gasteiger charge is 2.07. The molecule has 0 atom stereocenters. The van der Waals surface area contributed by atoms with Gasteiger partial charge in [0.25, 0.3) is 0 Å². The van der Waals surface area contributed by atoms with Crippen molar-refractivity contribution in [1.82, 2.24) is 4.90 Å². The normalized spacial score (nSPS) is 10.5. The van der Waals surface area contributed by atoms with Crippen LogP contribution in [0.2, 0.25) is 0 Å². The summed E-state index contributed by atoms with van der Waals surface area (Å²) in [4.78, 5) is 25.5. The van der Waals surface area contributed by atoms with Gasteiger partial charge in [0.05, 0.1) is 12.6 Å². The molecule has 2 aromatic rings. The van der Waals surface area contributed by atoms with E-state index in [1.807, 2.05) is 56.3 Å². The molecular weight excluding hydrogens is 354 g/mol. The molecule has 0 aliphatic heterocycles. The molecule has 2 rings (SSSR count). The Balaban J connectivity index is 1.86. The first kappa shape index (κ1) is 21.3. The molecule has 0 saturated carbocycles. The third-order valence-corrected chi connectivity index (χ3v) is 4.00. The number of nitrogens with one attached hydrogen (secondary N) is 2. The predicted octanol–water partition coefficient (Wildman–Crippen LogP) is 3.55. The van der Waals surface area contributed by atoms with Crippen molar-refractivity contribution in [3.63, 3.8) is 0 Å². The quantitative estimate of drug-likeness (QED) is 0.695. The van der Waals surface area contributed by atoms with Crippen LogP contribution in [0.3, 0.4) is 0 Å². The number of ether oxygens (including phenoxy) is 1. The maximum absolute atomic E-state index is 12.2. The lowest BCUT2D eigenvalue weighted by atomic mass is 10.1. The van der Waals surface area contributed by atoms with E-state index in [9.17, 15) is 9.59 Å². The van der Waals surface area contributed by atoms with Crippen molar-refractivity contribution >= 4 is 23.2 Å². The minimum absolute atomic E-state index is 0.0768. The van der Waals surface area contributed by atoms with Crippen molar-refractivity contribution in [1.29, 1.82) is 0 Å². The first-order valence-corrected chi connectivity index (χ1v) is 9.43. The topological polar surface area (TPSA) is 70.7 Å². The van der Waals surface area contributed by atoms with E-state index >= 15 is 0 Å². The Morgan fingerprint density at radius 1 is 1.04 bits per heavy atom. The van der Waals surface area contributed by atoms with Gasteiger partial charge in [-0.25, -0.2) is 0 Å². The third kappa shape index (κ3) is 7.31. The summed E-state index contributed by atoms with van der Waals surface area (Å²) in [6, 6.07) is 15.1. The second-order valence-electron chi connectivity index (χ2n) is 7.08. The van der Waals surface area contributed by atoms with E-state index in [0.717, 1.165) is 17.0 Å². The average molecular weight is 383 g/mol. The lowest BCUT2D eigenvalue weighted by Crippen LogP contribution is -2.22. The van der Waals surface area contributed by atoms with Crippen molar-refractivity contribution in [2.24, 2.45) is 0 Å². The number of benzene rings is 2. The third-order valence-electron chi connectivity index (χ3n) is 4.00. The molecule has 0 unspecified atom stereocenters. The number of carbonyl (C=O) groups is 2. The Labute approximate surface area is 166 Å². The maximum atomic E-state index is 12.2. The van der Waals surface area contributed by atoms with Gasteiger partial charge in [-0.3, -0.25) is 9.59 Å². The molecule has 0 radical (unpaired) electrons. The zero-order valence-electron chi connectivity index (χ0n) is 17.0. The molecule has 150 valence electrons. The molecule has 0 fully saturated rings. The Hall–Kier alpha value is -3.02. The van der Waals surface area contributed by atoms with Crippen LogP contribution < -0.4 is 15.4 Å². The van der Waals surface area contributed by atoms with Crippen molar-refractivity contribution < 1.29 is 14.3 Å². The summed E-state index contributed by atoms with van der Waals surface area (Å²) in [7, 11) is 3.51. The molecule has 6 nitrogen and oxygen atoms in total. The predicted molar refractivity (Wildman–Crippen MR) is 113 cm³/mol. The van der Waals surface area contributed by atoms with E-state index in [0.29, 0.717) is 18.5 Å². The highest BCUT2D eigenvalue weighted by atomic mass is 16.5. The second-order valence-corrected chi connectivity index (χ2v) is 7.08. The summed E-state index contributed by atoms with van der Waals surface area (Å²) in [5, 5.41) is 5.99. The van der Waals surface area contributed by atoms with Gasteiger partial charge in [0.2, 0.25) is 11.8 Å².